The average Bonchev–Trinajstić information content (AvgIpc) is 3.65. The number of para-hydroxylation sites is 2. The van der Waals surface area contributed by atoms with Gasteiger partial charge in [0.2, 0.25) is 0 Å². The second kappa shape index (κ2) is 10.2. The summed E-state index contributed by atoms with van der Waals surface area (Å²) in [7, 11) is 2.04. The fraction of sp³-hybridized carbons (Fsp3) is 0.0588. The number of hydrogen-bond donors (Lipinski definition) is 0. The van der Waals surface area contributed by atoms with Crippen LogP contribution in [0.1, 0.15) is 5.56 Å². The summed E-state index contributed by atoms with van der Waals surface area (Å²) < 4.78 is 2.40. The van der Waals surface area contributed by atoms with Crippen molar-refractivity contribution >= 4 is 43.8 Å². The van der Waals surface area contributed by atoms with E-state index in [0.717, 1.165) is 16.9 Å². The molecule has 0 saturated carbocycles. The average molecular weight is 682 g/mol. The van der Waals surface area contributed by atoms with Crippen molar-refractivity contribution in [2.24, 2.45) is 0 Å². The van der Waals surface area contributed by atoms with Crippen molar-refractivity contribution in [3.05, 3.63) is 134 Å². The smallest absolute Gasteiger partial charge is 0.510 e. The summed E-state index contributed by atoms with van der Waals surface area (Å²) in [5.74, 6) is 0. The van der Waals surface area contributed by atoms with Crippen molar-refractivity contribution in [3.63, 3.8) is 0 Å². The second-order valence-electron chi connectivity index (χ2n) is 9.63. The molecule has 4 aromatic carbocycles. The van der Waals surface area contributed by atoms with Crippen LogP contribution in [0, 0.1) is 25.7 Å². The van der Waals surface area contributed by atoms with Gasteiger partial charge in [-0.05, 0) is 66.1 Å². The van der Waals surface area contributed by atoms with E-state index in [-0.39, 0.29) is 20.1 Å². The van der Waals surface area contributed by atoms with Gasteiger partial charge in [0.1, 0.15) is 0 Å². The number of benzene rings is 4. The fourth-order valence-corrected chi connectivity index (χ4v) is 5.33. The zero-order valence-corrected chi connectivity index (χ0v) is 24.0. The van der Waals surface area contributed by atoms with Gasteiger partial charge in [-0.2, -0.15) is 18.8 Å². The minimum Gasteiger partial charge on any atom is -0.510 e. The molecule has 4 nitrogen and oxygen atoms in total. The Morgan fingerprint density at radius 3 is 2.21 bits per heavy atom. The summed E-state index contributed by atoms with van der Waals surface area (Å²) in [5.41, 5.74) is 8.09. The molecule has 7 aromatic rings. The maximum Gasteiger partial charge on any atom is 3.00 e. The van der Waals surface area contributed by atoms with Crippen LogP contribution in [0.4, 0.5) is 5.69 Å². The first kappa shape index (κ1) is 25.1. The Bertz CT molecular complexity index is 1920. The maximum absolute atomic E-state index is 4.32. The summed E-state index contributed by atoms with van der Waals surface area (Å²) in [5, 5.41) is 5.09. The van der Waals surface area contributed by atoms with Crippen LogP contribution in [-0.2, 0) is 20.1 Å². The standard InChI is InChI=1S/C22H15N3.C12H10N.Ir/c1-23-12-13-24(14-23)20-11-10-16-15-6-2-4-8-18(15)25-19-9-5-3-7-17(19)21(20)22(16)25;1-10-7-8-12(13-9-10)11-5-3-2-4-6-11;/h2-10,12-14H,1H3;2-5,7-9H,1H3;/q-2;-1;+3. The van der Waals surface area contributed by atoms with Crippen molar-refractivity contribution in [1.82, 2.24) is 14.3 Å². The van der Waals surface area contributed by atoms with Crippen LogP contribution >= 0.6 is 0 Å². The molecule has 0 unspecified atom stereocenters. The Morgan fingerprint density at radius 2 is 1.51 bits per heavy atom. The van der Waals surface area contributed by atoms with Gasteiger partial charge in [-0.1, -0.05) is 59.6 Å². The van der Waals surface area contributed by atoms with E-state index in [1.165, 1.54) is 43.7 Å². The Labute approximate surface area is 241 Å². The molecule has 0 N–H and O–H groups in total. The molecule has 0 saturated heterocycles. The number of nitrogens with zero attached hydrogens (tertiary/aromatic N) is 4. The summed E-state index contributed by atoms with van der Waals surface area (Å²) in [4.78, 5) is 8.53. The molecule has 1 aliphatic rings. The Morgan fingerprint density at radius 1 is 0.769 bits per heavy atom. The number of aryl methyl sites for hydroxylation is 1. The molecule has 4 heterocycles. The third-order valence-electron chi connectivity index (χ3n) is 7.08. The molecule has 0 bridgehead atoms. The maximum atomic E-state index is 4.32. The van der Waals surface area contributed by atoms with E-state index in [4.69, 9.17) is 0 Å². The zero-order valence-electron chi connectivity index (χ0n) is 21.6. The number of rotatable bonds is 2. The van der Waals surface area contributed by atoms with Crippen LogP contribution in [0.15, 0.2) is 110 Å². The van der Waals surface area contributed by atoms with Crippen molar-refractivity contribution in [1.29, 1.82) is 0 Å². The Balaban J connectivity index is 0.000000169. The van der Waals surface area contributed by atoms with E-state index < -0.39 is 0 Å². The van der Waals surface area contributed by atoms with E-state index in [9.17, 15) is 0 Å². The van der Waals surface area contributed by atoms with Crippen LogP contribution in [-0.4, -0.2) is 21.3 Å². The molecular weight excluding hydrogens is 657 g/mol. The van der Waals surface area contributed by atoms with Crippen molar-refractivity contribution in [2.45, 2.75) is 6.92 Å². The molecule has 0 spiro atoms. The van der Waals surface area contributed by atoms with Crippen molar-refractivity contribution < 1.29 is 20.1 Å². The van der Waals surface area contributed by atoms with Crippen LogP contribution < -0.4 is 4.90 Å². The van der Waals surface area contributed by atoms with Gasteiger partial charge in [-0.15, -0.1) is 41.3 Å². The van der Waals surface area contributed by atoms with Gasteiger partial charge in [0.25, 0.3) is 0 Å². The molecule has 0 radical (unpaired) electrons. The van der Waals surface area contributed by atoms with E-state index in [1.54, 1.807) is 0 Å². The van der Waals surface area contributed by atoms with Crippen LogP contribution in [0.5, 0.6) is 0 Å². The van der Waals surface area contributed by atoms with E-state index in [0.29, 0.717) is 0 Å². The van der Waals surface area contributed by atoms with E-state index in [1.807, 2.05) is 50.5 Å². The molecule has 1 aliphatic heterocycles. The molecule has 3 aromatic heterocycles. The predicted octanol–water partition coefficient (Wildman–Crippen LogP) is 7.83. The van der Waals surface area contributed by atoms with Gasteiger partial charge in [0.15, 0.2) is 0 Å². The molecule has 0 atom stereocenters. The summed E-state index contributed by atoms with van der Waals surface area (Å²) >= 11 is 0. The van der Waals surface area contributed by atoms with Gasteiger partial charge in [0, 0.05) is 17.2 Å². The first-order valence-corrected chi connectivity index (χ1v) is 12.7. The Kier molecular flexibility index (Phi) is 6.56. The molecular formula is C34H25IrN4. The molecule has 8 rings (SSSR count). The molecule has 5 heteroatoms. The van der Waals surface area contributed by atoms with E-state index in [2.05, 4.69) is 111 Å². The van der Waals surface area contributed by atoms with E-state index >= 15 is 0 Å². The number of aromatic nitrogens is 2. The fourth-order valence-electron chi connectivity index (χ4n) is 5.33. The first-order chi connectivity index (χ1) is 18.7. The number of anilines is 1. The quantitative estimate of drug-likeness (QED) is 0.174. The number of hydrogen-bond acceptors (Lipinski definition) is 3. The summed E-state index contributed by atoms with van der Waals surface area (Å²) in [6.07, 6.45) is 6.01. The van der Waals surface area contributed by atoms with Gasteiger partial charge in [0.05, 0.1) is 0 Å². The van der Waals surface area contributed by atoms with Crippen molar-refractivity contribution in [2.75, 3.05) is 11.9 Å². The third-order valence-corrected chi connectivity index (χ3v) is 7.08. The van der Waals surface area contributed by atoms with Gasteiger partial charge >= 0.3 is 20.1 Å². The largest absolute Gasteiger partial charge is 3.00 e. The molecule has 0 aliphatic carbocycles. The van der Waals surface area contributed by atoms with Gasteiger partial charge < -0.3 is 19.2 Å². The predicted molar refractivity (Wildman–Crippen MR) is 157 cm³/mol. The minimum atomic E-state index is 0. The third kappa shape index (κ3) is 4.24. The first-order valence-electron chi connectivity index (χ1n) is 12.7. The number of fused-ring (bicyclic) bond motifs is 6. The molecule has 0 fully saturated rings. The zero-order chi connectivity index (χ0) is 25.6. The van der Waals surface area contributed by atoms with Crippen LogP contribution in [0.25, 0.3) is 49.4 Å². The summed E-state index contributed by atoms with van der Waals surface area (Å²) in [6.45, 7) is 4.12. The Hall–Kier alpha value is -4.18. The van der Waals surface area contributed by atoms with Gasteiger partial charge in [-0.3, -0.25) is 0 Å². The van der Waals surface area contributed by atoms with Gasteiger partial charge in [-0.25, -0.2) is 0 Å². The normalized spacial score (nSPS) is 12.9. The monoisotopic (exact) mass is 682 g/mol. The SMILES string of the molecule is CN1C=CN(c2[c-]cc3c4ccccc4n4c5ccccc5c2c34)[CH-]1.Cc1ccc(-c2[c-]cccc2)nc1.[Ir+3]. The van der Waals surface area contributed by atoms with Crippen LogP contribution in [0.3, 0.4) is 0 Å². The molecule has 39 heavy (non-hydrogen) atoms. The van der Waals surface area contributed by atoms with Crippen molar-refractivity contribution in [3.8, 4) is 11.3 Å². The van der Waals surface area contributed by atoms with Crippen LogP contribution in [0.2, 0.25) is 0 Å². The minimum absolute atomic E-state index is 0. The molecule has 0 amide bonds. The second-order valence-corrected chi connectivity index (χ2v) is 9.63. The summed E-state index contributed by atoms with van der Waals surface area (Å²) in [6, 6.07) is 38.1. The topological polar surface area (TPSA) is 23.8 Å². The molecule has 190 valence electrons. The number of pyridine rings is 1.